The van der Waals surface area contributed by atoms with Gasteiger partial charge in [-0.05, 0) is 17.9 Å². The topological polar surface area (TPSA) is 56.0 Å². The predicted octanol–water partition coefficient (Wildman–Crippen LogP) is 3.83. The molecule has 2 rings (SSSR count). The second-order valence-electron chi connectivity index (χ2n) is 4.18. The highest BCUT2D eigenvalue weighted by Crippen LogP contribution is 2.29. The van der Waals surface area contributed by atoms with Crippen molar-refractivity contribution < 1.29 is 26.9 Å². The van der Waals surface area contributed by atoms with Crippen LogP contribution in [0, 0.1) is 5.82 Å². The molecule has 118 valence electrons. The molecule has 0 N–H and O–H groups in total. The Morgan fingerprint density at radius 1 is 1.36 bits per heavy atom. The van der Waals surface area contributed by atoms with E-state index in [1.165, 1.54) is 23.9 Å². The van der Waals surface area contributed by atoms with E-state index in [-0.39, 0.29) is 22.7 Å². The number of carbonyl (C=O) groups excluding carboxylic acids is 1. The Bertz CT molecular complexity index is 685. The molecule has 1 aromatic carbocycles. The fourth-order valence-electron chi connectivity index (χ4n) is 1.61. The third-order valence-corrected chi connectivity index (χ3v) is 3.51. The van der Waals surface area contributed by atoms with Gasteiger partial charge in [-0.2, -0.15) is 29.9 Å². The van der Waals surface area contributed by atoms with Gasteiger partial charge in [-0.15, -0.1) is 0 Å². The molecule has 0 amide bonds. The summed E-state index contributed by atoms with van der Waals surface area (Å²) in [4.78, 5) is 14.9. The van der Waals surface area contributed by atoms with E-state index < -0.39 is 23.7 Å². The lowest BCUT2D eigenvalue weighted by Gasteiger charge is -2.03. The van der Waals surface area contributed by atoms with Crippen molar-refractivity contribution in [2.75, 3.05) is 11.5 Å². The van der Waals surface area contributed by atoms with Crippen LogP contribution in [-0.4, -0.2) is 27.4 Å². The summed E-state index contributed by atoms with van der Waals surface area (Å²) in [6.07, 6.45) is -4.77. The first-order valence-corrected chi connectivity index (χ1v) is 7.30. The van der Waals surface area contributed by atoms with Crippen LogP contribution >= 0.6 is 11.8 Å². The summed E-state index contributed by atoms with van der Waals surface area (Å²) in [5, 5.41) is 3.16. The van der Waals surface area contributed by atoms with Crippen molar-refractivity contribution in [3.8, 4) is 11.4 Å². The number of halogens is 4. The third-order valence-electron chi connectivity index (χ3n) is 2.63. The molecule has 0 bridgehead atoms. The van der Waals surface area contributed by atoms with Gasteiger partial charge < -0.3 is 4.52 Å². The Morgan fingerprint density at radius 3 is 2.64 bits per heavy atom. The fraction of sp³-hybridized carbons (Fsp3) is 0.308. The van der Waals surface area contributed by atoms with Gasteiger partial charge in [-0.25, -0.2) is 4.39 Å². The van der Waals surface area contributed by atoms with Crippen molar-refractivity contribution in [2.24, 2.45) is 0 Å². The van der Waals surface area contributed by atoms with Crippen molar-refractivity contribution in [3.05, 3.63) is 35.5 Å². The molecule has 0 spiro atoms. The lowest BCUT2D eigenvalue weighted by molar-refractivity contribution is -0.159. The molecular formula is C13H10F4N2O2S. The first-order chi connectivity index (χ1) is 10.3. The quantitative estimate of drug-likeness (QED) is 0.614. The lowest BCUT2D eigenvalue weighted by Crippen LogP contribution is -2.06. The molecule has 9 heteroatoms. The Balaban J connectivity index is 2.26. The van der Waals surface area contributed by atoms with E-state index in [1.54, 1.807) is 0 Å². The van der Waals surface area contributed by atoms with Gasteiger partial charge in [0.25, 0.3) is 0 Å². The molecule has 0 aliphatic carbocycles. The van der Waals surface area contributed by atoms with Crippen LogP contribution in [0.15, 0.2) is 22.7 Å². The van der Waals surface area contributed by atoms with Crippen LogP contribution in [0.5, 0.6) is 0 Å². The van der Waals surface area contributed by atoms with Crippen molar-refractivity contribution >= 4 is 17.5 Å². The summed E-state index contributed by atoms with van der Waals surface area (Å²) in [6.45, 7) is 1.87. The average molecular weight is 334 g/mol. The molecule has 22 heavy (non-hydrogen) atoms. The Labute approximate surface area is 126 Å². The molecule has 1 heterocycles. The second-order valence-corrected chi connectivity index (χ2v) is 5.45. The SMILES string of the molecule is CCSCC(=O)c1ccc(-c2noc(C(F)(F)F)n2)cc1F. The number of alkyl halides is 3. The number of nitrogens with zero attached hydrogens (tertiary/aromatic N) is 2. The summed E-state index contributed by atoms with van der Waals surface area (Å²) in [5.74, 6) is -2.28. The van der Waals surface area contributed by atoms with Crippen molar-refractivity contribution in [3.63, 3.8) is 0 Å². The largest absolute Gasteiger partial charge is 0.471 e. The molecule has 0 unspecified atom stereocenters. The Morgan fingerprint density at radius 2 is 2.09 bits per heavy atom. The van der Waals surface area contributed by atoms with Gasteiger partial charge in [0.15, 0.2) is 5.78 Å². The molecule has 0 aliphatic heterocycles. The first kappa shape index (κ1) is 16.5. The second kappa shape index (κ2) is 6.47. The van der Waals surface area contributed by atoms with Crippen LogP contribution < -0.4 is 0 Å². The monoisotopic (exact) mass is 334 g/mol. The number of Topliss-reactive ketones (excluding diaryl/α,β-unsaturated/α-hetero) is 1. The molecule has 0 saturated carbocycles. The highest BCUT2D eigenvalue weighted by atomic mass is 32.2. The van der Waals surface area contributed by atoms with Gasteiger partial charge in [0.05, 0.1) is 11.3 Å². The lowest BCUT2D eigenvalue weighted by atomic mass is 10.1. The number of carbonyl (C=O) groups is 1. The highest BCUT2D eigenvalue weighted by molar-refractivity contribution is 7.99. The van der Waals surface area contributed by atoms with E-state index in [2.05, 4.69) is 14.7 Å². The standard InChI is InChI=1S/C13H10F4N2O2S/c1-2-22-6-10(20)8-4-3-7(5-9(8)14)11-18-12(21-19-11)13(15,16)17/h3-5H,2,6H2,1H3. The van der Waals surface area contributed by atoms with E-state index in [0.29, 0.717) is 5.75 Å². The van der Waals surface area contributed by atoms with Crippen molar-refractivity contribution in [1.29, 1.82) is 0 Å². The maximum Gasteiger partial charge on any atom is 0.471 e. The number of hydrogen-bond donors (Lipinski definition) is 0. The minimum absolute atomic E-state index is 0.00329. The van der Waals surface area contributed by atoms with Gasteiger partial charge in [-0.1, -0.05) is 18.1 Å². The van der Waals surface area contributed by atoms with Crippen LogP contribution in [0.1, 0.15) is 23.2 Å². The van der Waals surface area contributed by atoms with Crippen LogP contribution in [0.25, 0.3) is 11.4 Å². The van der Waals surface area contributed by atoms with Gasteiger partial charge in [0.1, 0.15) is 5.82 Å². The zero-order chi connectivity index (χ0) is 16.3. The summed E-state index contributed by atoms with van der Waals surface area (Å²) in [5.41, 5.74) is -0.124. The summed E-state index contributed by atoms with van der Waals surface area (Å²) in [6, 6.07) is 3.39. The average Bonchev–Trinajstić information content (AvgIpc) is 2.94. The van der Waals surface area contributed by atoms with Crippen molar-refractivity contribution in [1.82, 2.24) is 10.1 Å². The van der Waals surface area contributed by atoms with Crippen LogP contribution in [0.3, 0.4) is 0 Å². The van der Waals surface area contributed by atoms with Gasteiger partial charge in [-0.3, -0.25) is 4.79 Å². The maximum atomic E-state index is 13.9. The summed E-state index contributed by atoms with van der Waals surface area (Å²) in [7, 11) is 0. The first-order valence-electron chi connectivity index (χ1n) is 6.14. The van der Waals surface area contributed by atoms with E-state index >= 15 is 0 Å². The van der Waals surface area contributed by atoms with Crippen LogP contribution in [0.2, 0.25) is 0 Å². The Kier molecular flexibility index (Phi) is 4.84. The number of benzene rings is 1. The molecule has 0 atom stereocenters. The van der Waals surface area contributed by atoms with Gasteiger partial charge in [0, 0.05) is 5.56 Å². The molecule has 0 aliphatic rings. The molecule has 2 aromatic rings. The van der Waals surface area contributed by atoms with Gasteiger partial charge >= 0.3 is 12.1 Å². The normalized spacial score (nSPS) is 11.7. The predicted molar refractivity (Wildman–Crippen MR) is 72.0 cm³/mol. The summed E-state index contributed by atoms with van der Waals surface area (Å²) < 4.78 is 55.1. The number of ketones is 1. The van der Waals surface area contributed by atoms with E-state index in [4.69, 9.17) is 0 Å². The van der Waals surface area contributed by atoms with Gasteiger partial charge in [0.2, 0.25) is 5.82 Å². The molecular weight excluding hydrogens is 324 g/mol. The van der Waals surface area contributed by atoms with E-state index in [1.807, 2.05) is 6.92 Å². The molecule has 0 fully saturated rings. The molecule has 1 aromatic heterocycles. The van der Waals surface area contributed by atoms with Crippen molar-refractivity contribution in [2.45, 2.75) is 13.1 Å². The highest BCUT2D eigenvalue weighted by Gasteiger charge is 2.38. The zero-order valence-electron chi connectivity index (χ0n) is 11.3. The fourth-order valence-corrected chi connectivity index (χ4v) is 2.15. The zero-order valence-corrected chi connectivity index (χ0v) is 12.1. The minimum atomic E-state index is -4.77. The van der Waals surface area contributed by atoms with Crippen LogP contribution in [-0.2, 0) is 6.18 Å². The van der Waals surface area contributed by atoms with E-state index in [9.17, 15) is 22.4 Å². The van der Waals surface area contributed by atoms with Crippen LogP contribution in [0.4, 0.5) is 17.6 Å². The molecule has 0 radical (unpaired) electrons. The molecule has 4 nitrogen and oxygen atoms in total. The minimum Gasteiger partial charge on any atom is -0.329 e. The smallest absolute Gasteiger partial charge is 0.329 e. The molecule has 0 saturated heterocycles. The number of hydrogen-bond acceptors (Lipinski definition) is 5. The Hall–Kier alpha value is -1.90. The number of rotatable bonds is 5. The third kappa shape index (κ3) is 3.65. The maximum absolute atomic E-state index is 13.9. The number of aromatic nitrogens is 2. The summed E-state index contributed by atoms with van der Waals surface area (Å²) >= 11 is 1.35. The van der Waals surface area contributed by atoms with E-state index in [0.717, 1.165) is 6.07 Å². The number of thioether (sulfide) groups is 1.